The van der Waals surface area contributed by atoms with E-state index >= 15 is 0 Å². The molecule has 1 amide bonds. The van der Waals surface area contributed by atoms with Gasteiger partial charge in [-0.1, -0.05) is 37.8 Å². The minimum absolute atomic E-state index is 0. The molecule has 1 fully saturated rings. The lowest BCUT2D eigenvalue weighted by Crippen LogP contribution is -2.65. The molecule has 0 radical (unpaired) electrons. The third-order valence-electron chi connectivity index (χ3n) is 9.30. The monoisotopic (exact) mass is 674 g/mol. The molecule has 0 spiro atoms. The van der Waals surface area contributed by atoms with Gasteiger partial charge in [0.1, 0.15) is 22.8 Å². The van der Waals surface area contributed by atoms with Gasteiger partial charge < -0.3 is 31.1 Å². The van der Waals surface area contributed by atoms with Crippen molar-refractivity contribution in [2.24, 2.45) is 17.6 Å². The fourth-order valence-electron chi connectivity index (χ4n) is 7.37. The molecule has 0 heterocycles. The predicted octanol–water partition coefficient (Wildman–Crippen LogP) is 3.23. The van der Waals surface area contributed by atoms with Crippen LogP contribution in [0.2, 0.25) is 0 Å². The van der Waals surface area contributed by atoms with Crippen molar-refractivity contribution < 1.29 is 48.0 Å². The predicted molar refractivity (Wildman–Crippen MR) is 172 cm³/mol. The summed E-state index contributed by atoms with van der Waals surface area (Å²) in [6.45, 7) is -1.77. The van der Waals surface area contributed by atoms with Crippen LogP contribution in [0.25, 0.3) is 5.76 Å². The van der Waals surface area contributed by atoms with Crippen molar-refractivity contribution in [1.82, 2.24) is 9.80 Å². The molecule has 0 saturated heterocycles. The lowest BCUT2D eigenvalue weighted by molar-refractivity contribution is -0.154. The van der Waals surface area contributed by atoms with Gasteiger partial charge in [0.2, 0.25) is 5.78 Å². The summed E-state index contributed by atoms with van der Waals surface area (Å²) in [5.41, 5.74) is 2.66. The van der Waals surface area contributed by atoms with Crippen LogP contribution >= 0.6 is 0 Å². The van der Waals surface area contributed by atoms with E-state index in [1.54, 1.807) is 55.4 Å². The summed E-state index contributed by atoms with van der Waals surface area (Å²) in [5.74, 6) is -7.85. The standard InChI is InChI=1S/C33H37F3N4O7.CH4/c1-38(2)21-12-18(14-40(15-32(34,35)36)13-16-8-6-5-7-9-16)26(41)23-19(21)10-17-11-20-25(39(3)4)28(43)24(31(37)46)30(45)33(20,47)29(44)22(17)27(23)42;/h5-9,12,17,20,25,41-42,45,47H,10-11,13-15H2,1-4H3,(H2,37,46);1H4/t17-,20-,25-,33-;/m0./s1. The van der Waals surface area contributed by atoms with Gasteiger partial charge in [-0.05, 0) is 50.0 Å². The van der Waals surface area contributed by atoms with Gasteiger partial charge >= 0.3 is 6.18 Å². The van der Waals surface area contributed by atoms with Crippen LogP contribution in [0.3, 0.4) is 0 Å². The molecule has 0 aliphatic heterocycles. The zero-order valence-corrected chi connectivity index (χ0v) is 26.3. The molecule has 14 heteroatoms. The zero-order valence-electron chi connectivity index (χ0n) is 26.3. The number of benzene rings is 2. The third-order valence-corrected chi connectivity index (χ3v) is 9.30. The second kappa shape index (κ2) is 12.9. The number of rotatable bonds is 8. The molecule has 4 atom stereocenters. The lowest BCUT2D eigenvalue weighted by Gasteiger charge is -2.50. The molecule has 0 bridgehead atoms. The molecule has 0 aromatic heterocycles. The number of phenolic OH excluding ortho intramolecular Hbond substituents is 1. The molecule has 3 aliphatic carbocycles. The van der Waals surface area contributed by atoms with Gasteiger partial charge in [-0.3, -0.25) is 24.2 Å². The van der Waals surface area contributed by atoms with E-state index in [9.17, 15) is 48.0 Å². The Morgan fingerprint density at radius 3 is 2.21 bits per heavy atom. The van der Waals surface area contributed by atoms with Gasteiger partial charge in [-0.2, -0.15) is 13.2 Å². The highest BCUT2D eigenvalue weighted by Crippen LogP contribution is 2.54. The summed E-state index contributed by atoms with van der Waals surface area (Å²) in [5, 5.41) is 46.1. The Bertz CT molecular complexity index is 1700. The number of nitrogens with two attached hydrogens (primary N) is 1. The summed E-state index contributed by atoms with van der Waals surface area (Å²) in [4.78, 5) is 43.9. The normalized spacial score (nSPS) is 23.9. The van der Waals surface area contributed by atoms with Crippen molar-refractivity contribution in [2.75, 3.05) is 39.6 Å². The maximum atomic E-state index is 14.2. The number of nitrogens with zero attached hydrogens (tertiary/aromatic N) is 3. The minimum Gasteiger partial charge on any atom is -0.508 e. The number of aromatic hydroxyl groups is 1. The largest absolute Gasteiger partial charge is 0.508 e. The van der Waals surface area contributed by atoms with Crippen molar-refractivity contribution in [1.29, 1.82) is 0 Å². The van der Waals surface area contributed by atoms with E-state index in [1.165, 1.54) is 19.0 Å². The summed E-state index contributed by atoms with van der Waals surface area (Å²) in [7, 11) is 6.39. The van der Waals surface area contributed by atoms with E-state index in [-0.39, 0.29) is 50.1 Å². The number of carbonyl (C=O) groups excluding carboxylic acids is 3. The van der Waals surface area contributed by atoms with E-state index in [1.807, 2.05) is 0 Å². The molecule has 1 saturated carbocycles. The van der Waals surface area contributed by atoms with Gasteiger partial charge in [-0.25, -0.2) is 0 Å². The summed E-state index contributed by atoms with van der Waals surface area (Å²) >= 11 is 0. The number of Topliss-reactive ketones (excluding diaryl/α,β-unsaturated/α-hetero) is 2. The quantitative estimate of drug-likeness (QED) is 0.262. The van der Waals surface area contributed by atoms with Crippen LogP contribution in [0.1, 0.15) is 36.1 Å². The number of likely N-dealkylation sites (N-methyl/N-ethyl adjacent to an activating group) is 1. The van der Waals surface area contributed by atoms with Gasteiger partial charge in [0.25, 0.3) is 5.91 Å². The first kappa shape index (κ1) is 36.4. The van der Waals surface area contributed by atoms with E-state index in [0.29, 0.717) is 16.8 Å². The smallest absolute Gasteiger partial charge is 0.401 e. The molecule has 2 aromatic rings. The van der Waals surface area contributed by atoms with Crippen LogP contribution in [0, 0.1) is 11.8 Å². The summed E-state index contributed by atoms with van der Waals surface area (Å²) in [6.07, 6.45) is -4.60. The topological polar surface area (TPSA) is 168 Å². The number of alkyl halides is 3. The van der Waals surface area contributed by atoms with Crippen LogP contribution < -0.4 is 10.6 Å². The summed E-state index contributed by atoms with van der Waals surface area (Å²) < 4.78 is 41.0. The zero-order chi connectivity index (χ0) is 34.7. The number of fused-ring (bicyclic) bond motifs is 3. The average Bonchev–Trinajstić information content (AvgIpc) is 2.95. The lowest BCUT2D eigenvalue weighted by atomic mass is 9.57. The second-order valence-corrected chi connectivity index (χ2v) is 12.9. The Hall–Kier alpha value is -4.40. The van der Waals surface area contributed by atoms with Crippen LogP contribution in [0.4, 0.5) is 18.9 Å². The van der Waals surface area contributed by atoms with Gasteiger partial charge in [0.15, 0.2) is 11.4 Å². The Morgan fingerprint density at radius 2 is 1.67 bits per heavy atom. The molecule has 5 rings (SSSR count). The van der Waals surface area contributed by atoms with Crippen LogP contribution in [-0.4, -0.2) is 100 Å². The summed E-state index contributed by atoms with van der Waals surface area (Å²) in [6, 6.07) is 8.81. The van der Waals surface area contributed by atoms with Gasteiger partial charge in [0, 0.05) is 49.9 Å². The Morgan fingerprint density at radius 1 is 1.04 bits per heavy atom. The average molecular weight is 675 g/mol. The maximum Gasteiger partial charge on any atom is 0.401 e. The molecular weight excluding hydrogens is 633 g/mol. The highest BCUT2D eigenvalue weighted by atomic mass is 19.4. The van der Waals surface area contributed by atoms with E-state index < -0.39 is 76.5 Å². The Labute approximate surface area is 276 Å². The highest BCUT2D eigenvalue weighted by molar-refractivity contribution is 6.24. The number of ketones is 2. The number of halogens is 3. The number of amides is 1. The van der Waals surface area contributed by atoms with E-state index in [2.05, 4.69) is 0 Å². The molecule has 11 nitrogen and oxygen atoms in total. The molecule has 260 valence electrons. The first-order valence-corrected chi connectivity index (χ1v) is 14.9. The van der Waals surface area contributed by atoms with Crippen molar-refractivity contribution in [3.8, 4) is 5.75 Å². The Kier molecular flexibility index (Phi) is 9.79. The fraction of sp³-hybridized carbons (Fsp3) is 0.441. The number of hydrogen-bond acceptors (Lipinski definition) is 10. The number of anilines is 1. The van der Waals surface area contributed by atoms with Gasteiger partial charge in [0.05, 0.1) is 18.2 Å². The van der Waals surface area contributed by atoms with Crippen molar-refractivity contribution in [2.45, 2.75) is 51.2 Å². The SMILES string of the molecule is C.CN(C)c1cc(CN(Cc2ccccc2)CC(F)(F)F)c(O)c2c1C[C@H]1C[C@H]3[C@H](N(C)C)C(=O)C(C(N)=O)=C(O)[C@@]3(O)C(=O)C1=C2O. The molecule has 0 unspecified atom stereocenters. The highest BCUT2D eigenvalue weighted by Gasteiger charge is 2.64. The molecular formula is C34H41F3N4O7. The number of primary amides is 1. The maximum absolute atomic E-state index is 14.2. The molecule has 48 heavy (non-hydrogen) atoms. The number of aliphatic hydroxyl groups excluding tert-OH is 2. The number of phenols is 1. The molecule has 2 aromatic carbocycles. The van der Waals surface area contributed by atoms with Crippen LogP contribution in [0.5, 0.6) is 5.75 Å². The fourth-order valence-corrected chi connectivity index (χ4v) is 7.37. The Balaban J connectivity index is 0.00000520. The number of hydrogen-bond donors (Lipinski definition) is 5. The third kappa shape index (κ3) is 6.03. The van der Waals surface area contributed by atoms with Crippen molar-refractivity contribution >= 4 is 28.9 Å². The van der Waals surface area contributed by atoms with E-state index in [0.717, 1.165) is 4.90 Å². The van der Waals surface area contributed by atoms with Crippen molar-refractivity contribution in [3.63, 3.8) is 0 Å². The second-order valence-electron chi connectivity index (χ2n) is 12.9. The van der Waals surface area contributed by atoms with E-state index in [4.69, 9.17) is 5.73 Å². The number of carbonyl (C=O) groups is 3. The minimum atomic E-state index is -4.56. The van der Waals surface area contributed by atoms with Crippen molar-refractivity contribution in [3.05, 3.63) is 75.6 Å². The first-order chi connectivity index (χ1) is 21.9. The first-order valence-electron chi connectivity index (χ1n) is 14.9. The van der Waals surface area contributed by atoms with Crippen LogP contribution in [-0.2, 0) is 33.9 Å². The van der Waals surface area contributed by atoms with Crippen LogP contribution in [0.15, 0.2) is 53.3 Å². The molecule has 3 aliphatic rings. The molecule has 6 N–H and O–H groups in total. The van der Waals surface area contributed by atoms with Gasteiger partial charge in [-0.15, -0.1) is 0 Å². The number of aliphatic hydroxyl groups is 3.